The first kappa shape index (κ1) is 26.2. The lowest BCUT2D eigenvalue weighted by atomic mass is 9.43. The molecule has 0 aliphatic heterocycles. The summed E-state index contributed by atoms with van der Waals surface area (Å²) in [5, 5.41) is 11.1. The molecule has 0 aromatic carbocycles. The highest BCUT2D eigenvalue weighted by Gasteiger charge is 2.67. The Kier molecular flexibility index (Phi) is 7.11. The van der Waals surface area contributed by atoms with E-state index in [1.165, 1.54) is 13.8 Å². The Morgan fingerprint density at radius 1 is 1.03 bits per heavy atom. The van der Waals surface area contributed by atoms with Gasteiger partial charge in [-0.2, -0.15) is 0 Å². The normalized spacial score (nSPS) is 43.3. The number of ether oxygens (including phenoxy) is 2. The van der Waals surface area contributed by atoms with Crippen molar-refractivity contribution in [1.82, 2.24) is 0 Å². The first-order valence-corrected chi connectivity index (χ1v) is 13.4. The zero-order valence-corrected chi connectivity index (χ0v) is 21.8. The third-order valence-corrected chi connectivity index (χ3v) is 10.7. The van der Waals surface area contributed by atoms with Crippen LogP contribution >= 0.6 is 0 Å². The van der Waals surface area contributed by atoms with Crippen molar-refractivity contribution in [3.63, 3.8) is 0 Å². The van der Waals surface area contributed by atoms with E-state index in [0.29, 0.717) is 31.5 Å². The van der Waals surface area contributed by atoms with Crippen molar-refractivity contribution in [2.24, 2.45) is 46.3 Å². The largest absolute Gasteiger partial charge is 0.550 e. The zero-order valence-electron chi connectivity index (χ0n) is 21.8. The molecule has 4 rings (SSSR count). The monoisotopic (exact) mass is 489 g/mol. The number of esters is 2. The fourth-order valence-electron chi connectivity index (χ4n) is 9.07. The fraction of sp³-hybridized carbons (Fsp3) is 0.857. The summed E-state index contributed by atoms with van der Waals surface area (Å²) in [6.45, 7) is 9.47. The van der Waals surface area contributed by atoms with E-state index in [2.05, 4.69) is 20.8 Å². The zero-order chi connectivity index (χ0) is 25.7. The third-order valence-electron chi connectivity index (χ3n) is 10.7. The van der Waals surface area contributed by atoms with Gasteiger partial charge in [-0.25, -0.2) is 0 Å². The highest BCUT2D eigenvalue weighted by atomic mass is 16.5. The number of carboxylic acids is 1. The molecular weight excluding hydrogens is 448 g/mol. The first-order chi connectivity index (χ1) is 16.4. The van der Waals surface area contributed by atoms with Crippen molar-refractivity contribution in [3.8, 4) is 0 Å². The molecule has 35 heavy (non-hydrogen) atoms. The Morgan fingerprint density at radius 2 is 1.71 bits per heavy atom. The van der Waals surface area contributed by atoms with Crippen molar-refractivity contribution in [2.75, 3.05) is 0 Å². The van der Waals surface area contributed by atoms with E-state index >= 15 is 0 Å². The van der Waals surface area contributed by atoms with Gasteiger partial charge in [0.05, 0.1) is 0 Å². The number of Topliss-reactive ketones (excluding diaryl/α,β-unsaturated/α-hetero) is 1. The summed E-state index contributed by atoms with van der Waals surface area (Å²) in [6.07, 6.45) is 5.53. The summed E-state index contributed by atoms with van der Waals surface area (Å²) in [5.41, 5.74) is -0.417. The first-order valence-electron chi connectivity index (χ1n) is 13.4. The van der Waals surface area contributed by atoms with Crippen LogP contribution in [-0.4, -0.2) is 35.9 Å². The van der Waals surface area contributed by atoms with Gasteiger partial charge in [0, 0.05) is 37.6 Å². The molecule has 4 aliphatic rings. The minimum atomic E-state index is -1.04. The SMILES string of the molecule is CC(=O)O[C@@H]1CC[C@@]2(C)[C@H](CC(=O)[C@H]3[C@H]2C[C@H](OC(C)=O)[C@@]2(C)[C@@H]3CC[C@@H]2[C@@H](C)CCC(=O)[O-])C1. The summed E-state index contributed by atoms with van der Waals surface area (Å²) in [7, 11) is 0. The van der Waals surface area contributed by atoms with Crippen molar-refractivity contribution in [1.29, 1.82) is 0 Å². The molecular formula is C28H41O7-. The maximum atomic E-state index is 13.8. The number of fused-ring (bicyclic) bond motifs is 5. The second-order valence-electron chi connectivity index (χ2n) is 12.4. The molecule has 4 saturated carbocycles. The van der Waals surface area contributed by atoms with E-state index < -0.39 is 5.97 Å². The molecule has 10 atom stereocenters. The molecule has 0 amide bonds. The maximum Gasteiger partial charge on any atom is 0.302 e. The lowest BCUT2D eigenvalue weighted by Crippen LogP contribution is -2.62. The van der Waals surface area contributed by atoms with Crippen molar-refractivity contribution in [2.45, 2.75) is 105 Å². The average molecular weight is 490 g/mol. The van der Waals surface area contributed by atoms with Crippen LogP contribution in [-0.2, 0) is 28.7 Å². The van der Waals surface area contributed by atoms with Gasteiger partial charge in [-0.1, -0.05) is 20.8 Å². The van der Waals surface area contributed by atoms with E-state index in [4.69, 9.17) is 9.47 Å². The second kappa shape index (κ2) is 9.51. The van der Waals surface area contributed by atoms with Crippen LogP contribution in [0.4, 0.5) is 0 Å². The Morgan fingerprint density at radius 3 is 2.34 bits per heavy atom. The van der Waals surface area contributed by atoms with Gasteiger partial charge in [-0.05, 0) is 86.4 Å². The number of hydrogen-bond acceptors (Lipinski definition) is 7. The van der Waals surface area contributed by atoms with Gasteiger partial charge in [-0.15, -0.1) is 0 Å². The summed E-state index contributed by atoms with van der Waals surface area (Å²) in [5.74, 6) is -0.620. The molecule has 4 fully saturated rings. The predicted molar refractivity (Wildman–Crippen MR) is 126 cm³/mol. The van der Waals surface area contributed by atoms with Crippen LogP contribution < -0.4 is 5.11 Å². The molecule has 0 heterocycles. The Balaban J connectivity index is 1.65. The molecule has 7 nitrogen and oxygen atoms in total. The van der Waals surface area contributed by atoms with Crippen LogP contribution in [0.1, 0.15) is 92.4 Å². The van der Waals surface area contributed by atoms with Gasteiger partial charge in [0.2, 0.25) is 0 Å². The molecule has 4 aliphatic carbocycles. The maximum absolute atomic E-state index is 13.8. The lowest BCUT2D eigenvalue weighted by molar-refractivity contribution is -0.306. The van der Waals surface area contributed by atoms with Crippen molar-refractivity contribution < 1.29 is 33.8 Å². The number of carbonyl (C=O) groups excluding carboxylic acids is 4. The van der Waals surface area contributed by atoms with Crippen LogP contribution in [0.2, 0.25) is 0 Å². The van der Waals surface area contributed by atoms with Crippen LogP contribution in [0.25, 0.3) is 0 Å². The fourth-order valence-corrected chi connectivity index (χ4v) is 9.07. The average Bonchev–Trinajstić information content (AvgIpc) is 3.11. The molecule has 0 spiro atoms. The number of hydrogen-bond donors (Lipinski definition) is 0. The minimum absolute atomic E-state index is 0.0187. The number of ketones is 1. The summed E-state index contributed by atoms with van der Waals surface area (Å²) in [4.78, 5) is 48.7. The van der Waals surface area contributed by atoms with Gasteiger partial charge >= 0.3 is 11.9 Å². The molecule has 0 saturated heterocycles. The van der Waals surface area contributed by atoms with E-state index in [1.54, 1.807) is 0 Å². The van der Waals surface area contributed by atoms with Gasteiger partial charge in [0.15, 0.2) is 0 Å². The molecule has 0 bridgehead atoms. The van der Waals surface area contributed by atoms with Crippen LogP contribution in [0, 0.1) is 46.3 Å². The number of carboxylic acid groups (broad SMARTS) is 1. The molecule has 0 radical (unpaired) electrons. The molecule has 0 N–H and O–H groups in total. The quantitative estimate of drug-likeness (QED) is 0.526. The lowest BCUT2D eigenvalue weighted by Gasteiger charge is -2.62. The molecule has 0 aromatic heterocycles. The van der Waals surface area contributed by atoms with Gasteiger partial charge < -0.3 is 19.4 Å². The van der Waals surface area contributed by atoms with E-state index in [1.807, 2.05) is 0 Å². The Labute approximate surface area is 208 Å². The summed E-state index contributed by atoms with van der Waals surface area (Å²) >= 11 is 0. The second-order valence-corrected chi connectivity index (χ2v) is 12.4. The number of aliphatic carboxylic acids is 1. The Hall–Kier alpha value is -1.92. The number of carbonyl (C=O) groups is 4. The van der Waals surface area contributed by atoms with E-state index in [-0.39, 0.29) is 76.9 Å². The van der Waals surface area contributed by atoms with Crippen molar-refractivity contribution in [3.05, 3.63) is 0 Å². The molecule has 0 unspecified atom stereocenters. The minimum Gasteiger partial charge on any atom is -0.550 e. The van der Waals surface area contributed by atoms with Crippen LogP contribution in [0.5, 0.6) is 0 Å². The highest BCUT2D eigenvalue weighted by molar-refractivity contribution is 5.83. The summed E-state index contributed by atoms with van der Waals surface area (Å²) < 4.78 is 11.6. The smallest absolute Gasteiger partial charge is 0.302 e. The third kappa shape index (κ3) is 4.53. The van der Waals surface area contributed by atoms with Gasteiger partial charge in [-0.3, -0.25) is 14.4 Å². The summed E-state index contributed by atoms with van der Waals surface area (Å²) in [6, 6.07) is 0. The topological polar surface area (TPSA) is 110 Å². The molecule has 7 heteroatoms. The predicted octanol–water partition coefficient (Wildman–Crippen LogP) is 3.46. The Bertz CT molecular complexity index is 883. The van der Waals surface area contributed by atoms with Crippen LogP contribution in [0.3, 0.4) is 0 Å². The van der Waals surface area contributed by atoms with E-state index in [9.17, 15) is 24.3 Å². The van der Waals surface area contributed by atoms with Gasteiger partial charge in [0.1, 0.15) is 18.0 Å². The molecule has 0 aromatic rings. The molecule has 196 valence electrons. The van der Waals surface area contributed by atoms with Gasteiger partial charge in [0.25, 0.3) is 0 Å². The van der Waals surface area contributed by atoms with Crippen molar-refractivity contribution >= 4 is 23.7 Å². The van der Waals surface area contributed by atoms with E-state index in [0.717, 1.165) is 25.7 Å². The highest BCUT2D eigenvalue weighted by Crippen LogP contribution is 2.68. The standard InChI is InChI=1S/C28H42O7/c1-15(6-9-25(32)33)20-7-8-21-26-22(14-24(28(20,21)5)35-17(3)30)27(4)11-10-19(34-16(2)29)12-18(27)13-23(26)31/h15,18-22,24,26H,6-14H2,1-5H3,(H,32,33)/p-1/t15-,18-,19+,20+,21+,22+,24-,26+,27-,28+/m0/s1. The van der Waals surface area contributed by atoms with Crippen LogP contribution in [0.15, 0.2) is 0 Å². The number of rotatable bonds is 6.